The molecule has 0 fully saturated rings. The topological polar surface area (TPSA) is 62.6 Å². The largest absolute Gasteiger partial charge is 0.422 e. The van der Waals surface area contributed by atoms with E-state index in [1.807, 2.05) is 23.1 Å². The van der Waals surface area contributed by atoms with Crippen molar-refractivity contribution in [1.82, 2.24) is 10.2 Å². The van der Waals surface area contributed by atoms with E-state index in [-0.39, 0.29) is 5.56 Å². The Kier molecular flexibility index (Phi) is 5.58. The standard InChI is InChI=1S/C21H17Cl3N2O3/c22-21(23,24)20(26-10-9-13-5-1-2-7-15(13)12-26)25-18(27)16-11-14-6-3-4-8-17(14)29-19(16)28/h1-8,11,20H,9-10,12H2,(H,25,27). The highest BCUT2D eigenvalue weighted by Gasteiger charge is 2.40. The summed E-state index contributed by atoms with van der Waals surface area (Å²) in [6.45, 7) is 1.11. The number of carbonyl (C=O) groups is 1. The Bertz CT molecular complexity index is 1120. The third-order valence-electron chi connectivity index (χ3n) is 4.99. The second kappa shape index (κ2) is 8.00. The van der Waals surface area contributed by atoms with Crippen molar-refractivity contribution < 1.29 is 9.21 Å². The van der Waals surface area contributed by atoms with Crippen molar-refractivity contribution in [3.8, 4) is 0 Å². The van der Waals surface area contributed by atoms with Crippen molar-refractivity contribution >= 4 is 51.7 Å². The molecule has 0 spiro atoms. The quantitative estimate of drug-likeness (QED) is 0.477. The fourth-order valence-electron chi connectivity index (χ4n) is 3.54. The van der Waals surface area contributed by atoms with Gasteiger partial charge in [-0.3, -0.25) is 9.69 Å². The molecule has 1 atom stereocenters. The molecule has 1 amide bonds. The fourth-order valence-corrected chi connectivity index (χ4v) is 4.12. The van der Waals surface area contributed by atoms with Crippen molar-refractivity contribution in [1.29, 1.82) is 0 Å². The minimum absolute atomic E-state index is 0.139. The van der Waals surface area contributed by atoms with Crippen molar-refractivity contribution in [3.05, 3.63) is 81.7 Å². The summed E-state index contributed by atoms with van der Waals surface area (Å²) in [7, 11) is 0. The van der Waals surface area contributed by atoms with Crippen LogP contribution in [0.1, 0.15) is 21.5 Å². The van der Waals surface area contributed by atoms with Gasteiger partial charge in [0.05, 0.1) is 0 Å². The molecular formula is C21H17Cl3N2O3. The summed E-state index contributed by atoms with van der Waals surface area (Å²) in [6, 6.07) is 16.4. The molecule has 1 aromatic heterocycles. The van der Waals surface area contributed by atoms with E-state index in [2.05, 4.69) is 11.4 Å². The van der Waals surface area contributed by atoms with Crippen molar-refractivity contribution in [3.63, 3.8) is 0 Å². The maximum absolute atomic E-state index is 12.9. The second-order valence-corrected chi connectivity index (χ2v) is 9.26. The third-order valence-corrected chi connectivity index (χ3v) is 5.61. The lowest BCUT2D eigenvalue weighted by Crippen LogP contribution is -2.56. The van der Waals surface area contributed by atoms with Gasteiger partial charge in [-0.15, -0.1) is 0 Å². The molecule has 2 heterocycles. The lowest BCUT2D eigenvalue weighted by atomic mass is 9.99. The van der Waals surface area contributed by atoms with E-state index in [1.54, 1.807) is 24.3 Å². The maximum atomic E-state index is 12.9. The number of hydrogen-bond donors (Lipinski definition) is 1. The number of carbonyl (C=O) groups excluding carboxylic acids is 1. The van der Waals surface area contributed by atoms with E-state index in [9.17, 15) is 9.59 Å². The summed E-state index contributed by atoms with van der Waals surface area (Å²) >= 11 is 18.6. The zero-order chi connectivity index (χ0) is 20.6. The Labute approximate surface area is 182 Å². The zero-order valence-electron chi connectivity index (χ0n) is 15.2. The highest BCUT2D eigenvalue weighted by Crippen LogP contribution is 2.34. The number of halogens is 3. The normalized spacial score (nSPS) is 15.7. The Balaban J connectivity index is 1.62. The number of nitrogens with one attached hydrogen (secondary N) is 1. The summed E-state index contributed by atoms with van der Waals surface area (Å²) in [4.78, 5) is 27.1. The van der Waals surface area contributed by atoms with Gasteiger partial charge in [0.15, 0.2) is 0 Å². The first-order valence-electron chi connectivity index (χ1n) is 9.04. The molecule has 0 saturated heterocycles. The number of benzene rings is 2. The highest BCUT2D eigenvalue weighted by atomic mass is 35.6. The molecule has 150 valence electrons. The lowest BCUT2D eigenvalue weighted by molar-refractivity contribution is 0.0827. The molecule has 29 heavy (non-hydrogen) atoms. The second-order valence-electron chi connectivity index (χ2n) is 6.89. The molecule has 0 saturated carbocycles. The van der Waals surface area contributed by atoms with Gasteiger partial charge in [0, 0.05) is 18.5 Å². The number of rotatable bonds is 3. The minimum atomic E-state index is -1.79. The Morgan fingerprint density at radius 2 is 1.76 bits per heavy atom. The molecule has 8 heteroatoms. The molecule has 1 aliphatic heterocycles. The number of alkyl halides is 3. The molecule has 1 unspecified atom stereocenters. The lowest BCUT2D eigenvalue weighted by Gasteiger charge is -2.39. The van der Waals surface area contributed by atoms with Crippen LogP contribution in [0, 0.1) is 0 Å². The van der Waals surface area contributed by atoms with Gasteiger partial charge in [0.1, 0.15) is 17.3 Å². The van der Waals surface area contributed by atoms with E-state index in [4.69, 9.17) is 39.2 Å². The summed E-state index contributed by atoms with van der Waals surface area (Å²) in [5, 5.41) is 3.34. The molecule has 2 aromatic carbocycles. The van der Waals surface area contributed by atoms with Gasteiger partial charge in [-0.1, -0.05) is 77.3 Å². The molecule has 0 radical (unpaired) electrons. The molecule has 1 aliphatic rings. The Morgan fingerprint density at radius 3 is 2.52 bits per heavy atom. The highest BCUT2D eigenvalue weighted by molar-refractivity contribution is 6.68. The molecule has 5 nitrogen and oxygen atoms in total. The summed E-state index contributed by atoms with van der Waals surface area (Å²) in [5.74, 6) is -0.653. The molecular weight excluding hydrogens is 435 g/mol. The number of fused-ring (bicyclic) bond motifs is 2. The van der Waals surface area contributed by atoms with E-state index < -0.39 is 21.5 Å². The first-order valence-corrected chi connectivity index (χ1v) is 10.2. The van der Waals surface area contributed by atoms with E-state index in [0.717, 1.165) is 12.0 Å². The Morgan fingerprint density at radius 1 is 1.07 bits per heavy atom. The monoisotopic (exact) mass is 450 g/mol. The number of amides is 1. The summed E-state index contributed by atoms with van der Waals surface area (Å²) in [5.41, 5.74) is 1.86. The molecule has 0 bridgehead atoms. The first-order chi connectivity index (χ1) is 13.8. The van der Waals surface area contributed by atoms with E-state index >= 15 is 0 Å². The molecule has 0 aliphatic carbocycles. The fraction of sp³-hybridized carbons (Fsp3) is 0.238. The van der Waals surface area contributed by atoms with Crippen LogP contribution in [0.4, 0.5) is 0 Å². The molecule has 3 aromatic rings. The van der Waals surface area contributed by atoms with Gasteiger partial charge >= 0.3 is 5.63 Å². The number of para-hydroxylation sites is 1. The summed E-state index contributed by atoms with van der Waals surface area (Å²) < 4.78 is 3.45. The minimum Gasteiger partial charge on any atom is -0.422 e. The predicted octanol–water partition coefficient (Wildman–Crippen LogP) is 4.28. The van der Waals surface area contributed by atoms with Gasteiger partial charge in [0.25, 0.3) is 5.91 Å². The average molecular weight is 452 g/mol. The van der Waals surface area contributed by atoms with Gasteiger partial charge in [-0.2, -0.15) is 0 Å². The zero-order valence-corrected chi connectivity index (χ0v) is 17.5. The predicted molar refractivity (Wildman–Crippen MR) is 115 cm³/mol. The summed E-state index contributed by atoms with van der Waals surface area (Å²) in [6.07, 6.45) is -0.152. The van der Waals surface area contributed by atoms with Crippen LogP contribution in [0.15, 0.2) is 63.8 Å². The van der Waals surface area contributed by atoms with Crippen molar-refractivity contribution in [2.75, 3.05) is 6.54 Å². The van der Waals surface area contributed by atoms with Crippen molar-refractivity contribution in [2.45, 2.75) is 22.9 Å². The Hall–Kier alpha value is -2.05. The maximum Gasteiger partial charge on any atom is 0.349 e. The van der Waals surface area contributed by atoms with Gasteiger partial charge in [0.2, 0.25) is 3.79 Å². The van der Waals surface area contributed by atoms with Crippen LogP contribution in [0.5, 0.6) is 0 Å². The SMILES string of the molecule is O=C(NC(N1CCc2ccccc2C1)C(Cl)(Cl)Cl)c1cc2ccccc2oc1=O. The van der Waals surface area contributed by atoms with Crippen LogP contribution in [0.3, 0.4) is 0 Å². The molecule has 1 N–H and O–H groups in total. The van der Waals surface area contributed by atoms with Gasteiger partial charge < -0.3 is 9.73 Å². The van der Waals surface area contributed by atoms with E-state index in [0.29, 0.717) is 24.1 Å². The number of hydrogen-bond acceptors (Lipinski definition) is 4. The van der Waals surface area contributed by atoms with Crippen LogP contribution in [-0.4, -0.2) is 27.3 Å². The van der Waals surface area contributed by atoms with Crippen LogP contribution >= 0.6 is 34.8 Å². The van der Waals surface area contributed by atoms with Crippen LogP contribution in [0.25, 0.3) is 11.0 Å². The third kappa shape index (κ3) is 4.28. The van der Waals surface area contributed by atoms with E-state index in [1.165, 1.54) is 11.6 Å². The number of nitrogens with zero attached hydrogens (tertiary/aromatic N) is 1. The van der Waals surface area contributed by atoms with Gasteiger partial charge in [-0.25, -0.2) is 4.79 Å². The van der Waals surface area contributed by atoms with Crippen LogP contribution in [0.2, 0.25) is 0 Å². The first kappa shape index (κ1) is 20.2. The average Bonchev–Trinajstić information content (AvgIpc) is 2.70. The van der Waals surface area contributed by atoms with Crippen LogP contribution in [-0.2, 0) is 13.0 Å². The smallest absolute Gasteiger partial charge is 0.349 e. The molecule has 4 rings (SSSR count). The van der Waals surface area contributed by atoms with Crippen molar-refractivity contribution in [2.24, 2.45) is 0 Å². The van der Waals surface area contributed by atoms with Crippen LogP contribution < -0.4 is 10.9 Å². The van der Waals surface area contributed by atoms with Gasteiger partial charge in [-0.05, 0) is 29.7 Å².